The maximum absolute atomic E-state index is 4.64. The highest BCUT2D eigenvalue weighted by Gasteiger charge is 2.12. The Balaban J connectivity index is 2.03. The Kier molecular flexibility index (Phi) is 4.45. The molecule has 1 N–H and O–H groups in total. The number of hydrogen-bond acceptors (Lipinski definition) is 4. The van der Waals surface area contributed by atoms with Gasteiger partial charge in [-0.2, -0.15) is 0 Å². The van der Waals surface area contributed by atoms with Crippen LogP contribution in [0.4, 0.5) is 0 Å². The molecule has 17 heavy (non-hydrogen) atoms. The first-order valence-corrected chi connectivity index (χ1v) is 6.54. The molecule has 4 nitrogen and oxygen atoms in total. The molecular formula is C13H22N4. The molecule has 94 valence electrons. The molecule has 0 amide bonds. The summed E-state index contributed by atoms with van der Waals surface area (Å²) in [5.74, 6) is 0.982. The van der Waals surface area contributed by atoms with Crippen LogP contribution in [0.2, 0.25) is 0 Å². The third kappa shape index (κ3) is 3.75. The summed E-state index contributed by atoms with van der Waals surface area (Å²) in [6.07, 6.45) is 2.20. The van der Waals surface area contributed by atoms with Gasteiger partial charge in [-0.15, -0.1) is 0 Å². The molecule has 0 atom stereocenters. The minimum atomic E-state index is 0.889. The summed E-state index contributed by atoms with van der Waals surface area (Å²) in [4.78, 5) is 11.6. The van der Waals surface area contributed by atoms with Crippen LogP contribution in [-0.4, -0.2) is 41.0 Å². The number of aromatic nitrogens is 2. The van der Waals surface area contributed by atoms with E-state index in [0.717, 1.165) is 57.1 Å². The predicted molar refractivity (Wildman–Crippen MR) is 68.9 cm³/mol. The third-order valence-electron chi connectivity index (χ3n) is 3.03. The molecule has 0 aromatic carbocycles. The zero-order valence-corrected chi connectivity index (χ0v) is 10.9. The fourth-order valence-electron chi connectivity index (χ4n) is 2.22. The average Bonchev–Trinajstić information content (AvgIpc) is 2.30. The van der Waals surface area contributed by atoms with Crippen LogP contribution >= 0.6 is 0 Å². The van der Waals surface area contributed by atoms with Gasteiger partial charge in [-0.3, -0.25) is 4.90 Å². The summed E-state index contributed by atoms with van der Waals surface area (Å²) in [7, 11) is 0. The summed E-state index contributed by atoms with van der Waals surface area (Å²) >= 11 is 0. The maximum Gasteiger partial charge on any atom is 0.142 e. The SMILES string of the molecule is CCCc1cc(C)nc(CN2CCNCC2)n1. The van der Waals surface area contributed by atoms with E-state index in [-0.39, 0.29) is 0 Å². The molecule has 2 rings (SSSR count). The van der Waals surface area contributed by atoms with Gasteiger partial charge in [0, 0.05) is 37.6 Å². The molecule has 1 saturated heterocycles. The summed E-state index contributed by atoms with van der Waals surface area (Å²) < 4.78 is 0. The number of piperazine rings is 1. The molecule has 1 aromatic rings. The van der Waals surface area contributed by atoms with Crippen molar-refractivity contribution in [1.29, 1.82) is 0 Å². The lowest BCUT2D eigenvalue weighted by Crippen LogP contribution is -2.43. The molecule has 1 aliphatic heterocycles. The van der Waals surface area contributed by atoms with Crippen LogP contribution in [0.3, 0.4) is 0 Å². The second-order valence-electron chi connectivity index (χ2n) is 4.69. The minimum Gasteiger partial charge on any atom is -0.314 e. The molecule has 0 radical (unpaired) electrons. The normalized spacial score (nSPS) is 17.3. The van der Waals surface area contributed by atoms with E-state index in [1.807, 2.05) is 0 Å². The van der Waals surface area contributed by atoms with Crippen molar-refractivity contribution in [2.45, 2.75) is 33.2 Å². The van der Waals surface area contributed by atoms with Crippen molar-refractivity contribution in [2.75, 3.05) is 26.2 Å². The first-order valence-electron chi connectivity index (χ1n) is 6.54. The first-order chi connectivity index (χ1) is 8.28. The highest BCUT2D eigenvalue weighted by Crippen LogP contribution is 2.06. The van der Waals surface area contributed by atoms with Crippen LogP contribution in [0.5, 0.6) is 0 Å². The maximum atomic E-state index is 4.64. The van der Waals surface area contributed by atoms with E-state index >= 15 is 0 Å². The molecule has 0 bridgehead atoms. The Hall–Kier alpha value is -1.00. The molecular weight excluding hydrogens is 212 g/mol. The van der Waals surface area contributed by atoms with Gasteiger partial charge in [0.2, 0.25) is 0 Å². The summed E-state index contributed by atoms with van der Waals surface area (Å²) in [5, 5.41) is 3.36. The fourth-order valence-corrected chi connectivity index (χ4v) is 2.22. The van der Waals surface area contributed by atoms with Crippen molar-refractivity contribution < 1.29 is 0 Å². The lowest BCUT2D eigenvalue weighted by molar-refractivity contribution is 0.227. The van der Waals surface area contributed by atoms with Gasteiger partial charge in [-0.05, 0) is 19.4 Å². The van der Waals surface area contributed by atoms with Gasteiger partial charge in [0.1, 0.15) is 5.82 Å². The Morgan fingerprint density at radius 2 is 2.06 bits per heavy atom. The van der Waals surface area contributed by atoms with E-state index in [9.17, 15) is 0 Å². The smallest absolute Gasteiger partial charge is 0.142 e. The largest absolute Gasteiger partial charge is 0.314 e. The van der Waals surface area contributed by atoms with Crippen LogP contribution in [0, 0.1) is 6.92 Å². The van der Waals surface area contributed by atoms with Crippen LogP contribution in [-0.2, 0) is 13.0 Å². The molecule has 1 aromatic heterocycles. The lowest BCUT2D eigenvalue weighted by atomic mass is 10.2. The minimum absolute atomic E-state index is 0.889. The molecule has 0 saturated carbocycles. The predicted octanol–water partition coefficient (Wildman–Crippen LogP) is 1.14. The van der Waals surface area contributed by atoms with Crippen molar-refractivity contribution in [1.82, 2.24) is 20.2 Å². The van der Waals surface area contributed by atoms with Gasteiger partial charge in [0.25, 0.3) is 0 Å². The van der Waals surface area contributed by atoms with Gasteiger partial charge in [-0.25, -0.2) is 9.97 Å². The Labute approximate surface area is 103 Å². The Morgan fingerprint density at radius 1 is 1.29 bits per heavy atom. The molecule has 4 heteroatoms. The molecule has 0 aliphatic carbocycles. The first kappa shape index (κ1) is 12.5. The van der Waals surface area contributed by atoms with Gasteiger partial charge >= 0.3 is 0 Å². The summed E-state index contributed by atoms with van der Waals surface area (Å²) in [6, 6.07) is 2.10. The number of aryl methyl sites for hydroxylation is 2. The van der Waals surface area contributed by atoms with E-state index in [4.69, 9.17) is 0 Å². The molecule has 1 aliphatic rings. The zero-order valence-electron chi connectivity index (χ0n) is 10.9. The van der Waals surface area contributed by atoms with Crippen LogP contribution < -0.4 is 5.32 Å². The van der Waals surface area contributed by atoms with Crippen LogP contribution in [0.15, 0.2) is 6.07 Å². The van der Waals surface area contributed by atoms with Crippen molar-refractivity contribution in [3.05, 3.63) is 23.3 Å². The number of hydrogen-bond donors (Lipinski definition) is 1. The second kappa shape index (κ2) is 6.07. The van der Waals surface area contributed by atoms with Gasteiger partial charge in [0.05, 0.1) is 6.54 Å². The van der Waals surface area contributed by atoms with E-state index < -0.39 is 0 Å². The van der Waals surface area contributed by atoms with E-state index in [1.165, 1.54) is 5.69 Å². The lowest BCUT2D eigenvalue weighted by Gasteiger charge is -2.26. The van der Waals surface area contributed by atoms with E-state index in [1.54, 1.807) is 0 Å². The molecule has 0 unspecified atom stereocenters. The van der Waals surface area contributed by atoms with E-state index in [2.05, 4.69) is 40.1 Å². The van der Waals surface area contributed by atoms with Crippen molar-refractivity contribution in [3.63, 3.8) is 0 Å². The van der Waals surface area contributed by atoms with E-state index in [0.29, 0.717) is 0 Å². The third-order valence-corrected chi connectivity index (χ3v) is 3.03. The average molecular weight is 234 g/mol. The molecule has 0 spiro atoms. The highest BCUT2D eigenvalue weighted by atomic mass is 15.2. The number of nitrogens with one attached hydrogen (secondary N) is 1. The van der Waals surface area contributed by atoms with Crippen LogP contribution in [0.25, 0.3) is 0 Å². The highest BCUT2D eigenvalue weighted by molar-refractivity contribution is 5.10. The van der Waals surface area contributed by atoms with Crippen molar-refractivity contribution in [2.24, 2.45) is 0 Å². The molecule has 2 heterocycles. The number of nitrogens with zero attached hydrogens (tertiary/aromatic N) is 3. The van der Waals surface area contributed by atoms with Gasteiger partial charge in [-0.1, -0.05) is 13.3 Å². The second-order valence-corrected chi connectivity index (χ2v) is 4.69. The summed E-state index contributed by atoms with van der Waals surface area (Å²) in [6.45, 7) is 9.48. The Morgan fingerprint density at radius 3 is 2.76 bits per heavy atom. The standard InChI is InChI=1S/C13H22N4/c1-3-4-12-9-11(2)15-13(16-12)10-17-7-5-14-6-8-17/h9,14H,3-8,10H2,1-2H3. The summed E-state index contributed by atoms with van der Waals surface area (Å²) in [5.41, 5.74) is 2.28. The Bertz CT molecular complexity index is 358. The quantitative estimate of drug-likeness (QED) is 0.848. The fraction of sp³-hybridized carbons (Fsp3) is 0.692. The van der Waals surface area contributed by atoms with Crippen molar-refractivity contribution >= 4 is 0 Å². The molecule has 1 fully saturated rings. The van der Waals surface area contributed by atoms with Crippen molar-refractivity contribution in [3.8, 4) is 0 Å². The van der Waals surface area contributed by atoms with Gasteiger partial charge in [0.15, 0.2) is 0 Å². The monoisotopic (exact) mass is 234 g/mol. The number of rotatable bonds is 4. The topological polar surface area (TPSA) is 41.1 Å². The van der Waals surface area contributed by atoms with Crippen LogP contribution in [0.1, 0.15) is 30.6 Å². The zero-order chi connectivity index (χ0) is 12.1. The van der Waals surface area contributed by atoms with Gasteiger partial charge < -0.3 is 5.32 Å².